The predicted molar refractivity (Wildman–Crippen MR) is 104 cm³/mol. The van der Waals surface area contributed by atoms with Crippen molar-refractivity contribution in [2.45, 2.75) is 25.3 Å². The molecule has 23 heavy (non-hydrogen) atoms. The maximum absolute atomic E-state index is 6.07. The number of nitrogens with zero attached hydrogens (tertiary/aromatic N) is 1. The van der Waals surface area contributed by atoms with Crippen LogP contribution in [0.3, 0.4) is 0 Å². The lowest BCUT2D eigenvalue weighted by Crippen LogP contribution is -2.24. The summed E-state index contributed by atoms with van der Waals surface area (Å²) in [6.45, 7) is 0.548. The van der Waals surface area contributed by atoms with Gasteiger partial charge in [-0.2, -0.15) is 0 Å². The molecular formula is C18H20IN3O. The summed E-state index contributed by atoms with van der Waals surface area (Å²) >= 11 is 0. The van der Waals surface area contributed by atoms with Crippen molar-refractivity contribution in [3.05, 3.63) is 59.2 Å². The monoisotopic (exact) mass is 421 g/mol. The molecule has 3 N–H and O–H groups in total. The van der Waals surface area contributed by atoms with Crippen LogP contribution in [0, 0.1) is 0 Å². The van der Waals surface area contributed by atoms with Gasteiger partial charge in [-0.3, -0.25) is 0 Å². The summed E-state index contributed by atoms with van der Waals surface area (Å²) in [5, 5.41) is 3.20. The average Bonchev–Trinajstić information content (AvgIpc) is 3.14. The van der Waals surface area contributed by atoms with Crippen LogP contribution in [-0.2, 0) is 12.8 Å². The summed E-state index contributed by atoms with van der Waals surface area (Å²) in [7, 11) is 0. The Balaban J connectivity index is 0.00000156. The molecule has 1 aliphatic heterocycles. The number of hydrogen-bond acceptors (Lipinski definition) is 2. The number of aryl methyl sites for hydroxylation is 2. The molecule has 1 heterocycles. The molecule has 4 nitrogen and oxygen atoms in total. The standard InChI is InChI=1S/C18H19N3O.HI/c19-18(20-14-9-8-12-4-3-5-13(12)10-14)21-16-11-22-17-7-2-1-6-15(16)17;/h1-2,6-10,16H,3-5,11H2,(H3,19,20,21);1H. The van der Waals surface area contributed by atoms with E-state index in [-0.39, 0.29) is 30.0 Å². The quantitative estimate of drug-likeness (QED) is 0.442. The molecule has 0 aromatic heterocycles. The van der Waals surface area contributed by atoms with Crippen molar-refractivity contribution in [1.29, 1.82) is 0 Å². The Kier molecular flexibility index (Phi) is 4.75. The highest BCUT2D eigenvalue weighted by molar-refractivity contribution is 14.0. The number of nitrogens with one attached hydrogen (secondary N) is 1. The summed E-state index contributed by atoms with van der Waals surface area (Å²) in [6.07, 6.45) is 3.60. The summed E-state index contributed by atoms with van der Waals surface area (Å²) < 4.78 is 5.63. The zero-order chi connectivity index (χ0) is 14.9. The summed E-state index contributed by atoms with van der Waals surface area (Å²) in [5.41, 5.74) is 11.1. The Labute approximate surface area is 153 Å². The summed E-state index contributed by atoms with van der Waals surface area (Å²) in [4.78, 5) is 4.56. The van der Waals surface area contributed by atoms with Crippen molar-refractivity contribution in [3.63, 3.8) is 0 Å². The number of benzene rings is 2. The van der Waals surface area contributed by atoms with E-state index in [1.807, 2.05) is 24.3 Å². The number of hydrogen-bond donors (Lipinski definition) is 2. The van der Waals surface area contributed by atoms with E-state index >= 15 is 0 Å². The molecule has 1 aliphatic carbocycles. The summed E-state index contributed by atoms with van der Waals surface area (Å²) in [6, 6.07) is 14.4. The Hall–Kier alpha value is -1.76. The highest BCUT2D eigenvalue weighted by Gasteiger charge is 2.23. The number of rotatable bonds is 2. The molecule has 2 aromatic carbocycles. The van der Waals surface area contributed by atoms with Crippen LogP contribution >= 0.6 is 24.0 Å². The Morgan fingerprint density at radius 3 is 2.87 bits per heavy atom. The maximum Gasteiger partial charge on any atom is 0.193 e. The molecule has 1 unspecified atom stereocenters. The number of para-hydroxylation sites is 1. The molecule has 2 aliphatic rings. The number of ether oxygens (including phenoxy) is 1. The van der Waals surface area contributed by atoms with Crippen molar-refractivity contribution in [1.82, 2.24) is 0 Å². The fourth-order valence-electron chi connectivity index (χ4n) is 3.25. The molecule has 0 saturated heterocycles. The van der Waals surface area contributed by atoms with E-state index in [4.69, 9.17) is 10.5 Å². The highest BCUT2D eigenvalue weighted by Crippen LogP contribution is 2.34. The second kappa shape index (κ2) is 6.78. The third-order valence-corrected chi connectivity index (χ3v) is 4.34. The minimum absolute atomic E-state index is 0. The van der Waals surface area contributed by atoms with Gasteiger partial charge >= 0.3 is 0 Å². The van der Waals surface area contributed by atoms with Crippen molar-refractivity contribution in [2.75, 3.05) is 11.9 Å². The molecule has 120 valence electrons. The zero-order valence-electron chi connectivity index (χ0n) is 12.8. The molecule has 0 bridgehead atoms. The Bertz CT molecular complexity index is 745. The molecule has 0 spiro atoms. The SMILES string of the molecule is I.NC(=NC1COc2ccccc21)Nc1ccc2c(c1)CCC2. The van der Waals surface area contributed by atoms with Gasteiger partial charge in [-0.15, -0.1) is 24.0 Å². The van der Waals surface area contributed by atoms with E-state index < -0.39 is 0 Å². The third kappa shape index (κ3) is 3.29. The van der Waals surface area contributed by atoms with E-state index in [1.54, 1.807) is 0 Å². The van der Waals surface area contributed by atoms with Crippen LogP contribution in [0.15, 0.2) is 47.5 Å². The number of guanidine groups is 1. The van der Waals surface area contributed by atoms with Crippen LogP contribution in [0.2, 0.25) is 0 Å². The predicted octanol–water partition coefficient (Wildman–Crippen LogP) is 3.65. The molecule has 0 radical (unpaired) electrons. The minimum atomic E-state index is -0.0295. The third-order valence-electron chi connectivity index (χ3n) is 4.34. The van der Waals surface area contributed by atoms with Gasteiger partial charge in [-0.1, -0.05) is 24.3 Å². The van der Waals surface area contributed by atoms with Crippen LogP contribution < -0.4 is 15.8 Å². The van der Waals surface area contributed by atoms with Crippen LogP contribution in [0.4, 0.5) is 5.69 Å². The number of fused-ring (bicyclic) bond motifs is 2. The van der Waals surface area contributed by atoms with E-state index in [1.165, 1.54) is 24.0 Å². The second-order valence-corrected chi connectivity index (χ2v) is 5.84. The van der Waals surface area contributed by atoms with Gasteiger partial charge in [0.2, 0.25) is 0 Å². The molecule has 0 fully saturated rings. The molecule has 0 saturated carbocycles. The van der Waals surface area contributed by atoms with Gasteiger partial charge in [0.15, 0.2) is 5.96 Å². The molecule has 0 amide bonds. The fourth-order valence-corrected chi connectivity index (χ4v) is 3.25. The van der Waals surface area contributed by atoms with Gasteiger partial charge in [0, 0.05) is 11.3 Å². The smallest absolute Gasteiger partial charge is 0.193 e. The Morgan fingerprint density at radius 2 is 1.96 bits per heavy atom. The first-order valence-corrected chi connectivity index (χ1v) is 7.73. The lowest BCUT2D eigenvalue weighted by atomic mass is 10.1. The first kappa shape index (κ1) is 16.1. The lowest BCUT2D eigenvalue weighted by Gasteiger charge is -2.10. The van der Waals surface area contributed by atoms with Gasteiger partial charge in [-0.05, 0) is 48.6 Å². The van der Waals surface area contributed by atoms with Crippen molar-refractivity contribution >= 4 is 35.6 Å². The zero-order valence-corrected chi connectivity index (χ0v) is 15.1. The Morgan fingerprint density at radius 1 is 1.13 bits per heavy atom. The van der Waals surface area contributed by atoms with E-state index in [9.17, 15) is 0 Å². The lowest BCUT2D eigenvalue weighted by molar-refractivity contribution is 0.334. The highest BCUT2D eigenvalue weighted by atomic mass is 127. The molecule has 1 atom stereocenters. The van der Waals surface area contributed by atoms with Crippen molar-refractivity contribution < 1.29 is 4.74 Å². The van der Waals surface area contributed by atoms with Crippen LogP contribution in [0.1, 0.15) is 29.2 Å². The molecule has 2 aromatic rings. The topological polar surface area (TPSA) is 59.6 Å². The van der Waals surface area contributed by atoms with E-state index in [0.717, 1.165) is 23.4 Å². The van der Waals surface area contributed by atoms with Gasteiger partial charge < -0.3 is 15.8 Å². The molecule has 4 rings (SSSR count). The van der Waals surface area contributed by atoms with Gasteiger partial charge in [-0.25, -0.2) is 4.99 Å². The van der Waals surface area contributed by atoms with Gasteiger partial charge in [0.05, 0.1) is 0 Å². The van der Waals surface area contributed by atoms with E-state index in [2.05, 4.69) is 28.5 Å². The first-order chi connectivity index (χ1) is 10.8. The van der Waals surface area contributed by atoms with Gasteiger partial charge in [0.1, 0.15) is 18.4 Å². The first-order valence-electron chi connectivity index (χ1n) is 7.73. The molecule has 5 heteroatoms. The second-order valence-electron chi connectivity index (χ2n) is 5.84. The normalized spacial score (nSPS) is 18.6. The van der Waals surface area contributed by atoms with Crippen LogP contribution in [0.5, 0.6) is 5.75 Å². The molecular weight excluding hydrogens is 401 g/mol. The fraction of sp³-hybridized carbons (Fsp3) is 0.278. The average molecular weight is 421 g/mol. The van der Waals surface area contributed by atoms with Crippen molar-refractivity contribution in [2.24, 2.45) is 10.7 Å². The number of aliphatic imine (C=N–C) groups is 1. The number of anilines is 1. The van der Waals surface area contributed by atoms with Crippen LogP contribution in [0.25, 0.3) is 0 Å². The minimum Gasteiger partial charge on any atom is -0.491 e. The van der Waals surface area contributed by atoms with Gasteiger partial charge in [0.25, 0.3) is 0 Å². The van der Waals surface area contributed by atoms with Crippen molar-refractivity contribution in [3.8, 4) is 5.75 Å². The summed E-state index contributed by atoms with van der Waals surface area (Å²) in [5.74, 6) is 1.34. The maximum atomic E-state index is 6.07. The largest absolute Gasteiger partial charge is 0.491 e. The number of halogens is 1. The van der Waals surface area contributed by atoms with Crippen LogP contribution in [-0.4, -0.2) is 12.6 Å². The van der Waals surface area contributed by atoms with E-state index in [0.29, 0.717) is 12.6 Å². The number of nitrogens with two attached hydrogens (primary N) is 1.